The summed E-state index contributed by atoms with van der Waals surface area (Å²) in [6, 6.07) is 3.58. The van der Waals surface area contributed by atoms with Crippen LogP contribution in [0.3, 0.4) is 0 Å². The van der Waals surface area contributed by atoms with Crippen LogP contribution in [-0.4, -0.2) is 23.2 Å². The monoisotopic (exact) mass is 350 g/mol. The maximum atomic E-state index is 8.63. The molecule has 2 rings (SSSR count). The number of aromatic nitrogens is 1. The van der Waals surface area contributed by atoms with Gasteiger partial charge in [0.15, 0.2) is 17.9 Å². The molecule has 2 aromatic rings. The van der Waals surface area contributed by atoms with Crippen molar-refractivity contribution in [1.82, 2.24) is 15.0 Å². The molecule has 0 aromatic carbocycles. The molecule has 9 nitrogen and oxygen atoms in total. The van der Waals surface area contributed by atoms with Crippen molar-refractivity contribution in [1.29, 1.82) is 5.26 Å². The molecular formula is C12H14N8OS2. The zero-order valence-corrected chi connectivity index (χ0v) is 13.7. The van der Waals surface area contributed by atoms with Crippen molar-refractivity contribution in [2.24, 2.45) is 21.5 Å². The van der Waals surface area contributed by atoms with Gasteiger partial charge in [-0.1, -0.05) is 11.9 Å². The van der Waals surface area contributed by atoms with Gasteiger partial charge < -0.3 is 15.9 Å². The third kappa shape index (κ3) is 4.90. The molecule has 6 N–H and O–H groups in total. The Bertz CT molecular complexity index is 753. The summed E-state index contributed by atoms with van der Waals surface area (Å²) >= 11 is 2.64. The number of rotatable bonds is 5. The summed E-state index contributed by atoms with van der Waals surface area (Å²) in [6.07, 6.45) is 3.64. The van der Waals surface area contributed by atoms with Gasteiger partial charge in [0.1, 0.15) is 18.0 Å². The van der Waals surface area contributed by atoms with E-state index in [-0.39, 0.29) is 12.5 Å². The normalized spacial score (nSPS) is 10.9. The number of furan rings is 1. The highest BCUT2D eigenvalue weighted by Gasteiger charge is 2.09. The van der Waals surface area contributed by atoms with E-state index in [2.05, 4.69) is 25.0 Å². The first-order valence-electron chi connectivity index (χ1n) is 6.25. The van der Waals surface area contributed by atoms with Crippen LogP contribution in [0.5, 0.6) is 0 Å². The van der Waals surface area contributed by atoms with E-state index in [9.17, 15) is 0 Å². The molecule has 0 fully saturated rings. The average Bonchev–Trinajstić information content (AvgIpc) is 3.13. The predicted molar refractivity (Wildman–Crippen MR) is 91.8 cm³/mol. The van der Waals surface area contributed by atoms with E-state index in [4.69, 9.17) is 21.1 Å². The molecule has 2 aromatic heterocycles. The SMILES string of the molecule is CSNC(=NCc1ccc(-c2csc(N=C(N)N)n2)o1)NC#N. The number of aliphatic imine (C=N–C) groups is 2. The van der Waals surface area contributed by atoms with Crippen molar-refractivity contribution in [2.45, 2.75) is 6.54 Å². The summed E-state index contributed by atoms with van der Waals surface area (Å²) < 4.78 is 8.53. The minimum atomic E-state index is -0.0424. The highest BCUT2D eigenvalue weighted by atomic mass is 32.2. The van der Waals surface area contributed by atoms with Gasteiger partial charge in [-0.2, -0.15) is 10.3 Å². The molecule has 0 aliphatic rings. The fraction of sp³-hybridized carbons (Fsp3) is 0.167. The largest absolute Gasteiger partial charge is 0.457 e. The van der Waals surface area contributed by atoms with Crippen LogP contribution < -0.4 is 21.5 Å². The summed E-state index contributed by atoms with van der Waals surface area (Å²) in [4.78, 5) is 12.3. The summed E-state index contributed by atoms with van der Waals surface area (Å²) in [5.41, 5.74) is 11.3. The van der Waals surface area contributed by atoms with Crippen LogP contribution in [0, 0.1) is 11.5 Å². The first-order chi connectivity index (χ1) is 11.1. The molecule has 11 heteroatoms. The number of thiazole rings is 1. The van der Waals surface area contributed by atoms with Gasteiger partial charge in [0.2, 0.25) is 11.1 Å². The predicted octanol–water partition coefficient (Wildman–Crippen LogP) is 1.10. The van der Waals surface area contributed by atoms with Gasteiger partial charge in [-0.3, -0.25) is 10.0 Å². The number of nitriles is 1. The molecule has 0 atom stereocenters. The smallest absolute Gasteiger partial charge is 0.215 e. The number of nitrogens with zero attached hydrogens (tertiary/aromatic N) is 4. The van der Waals surface area contributed by atoms with E-state index < -0.39 is 0 Å². The Labute approximate surface area is 140 Å². The Morgan fingerprint density at radius 2 is 2.35 bits per heavy atom. The number of guanidine groups is 2. The van der Waals surface area contributed by atoms with Gasteiger partial charge in [-0.25, -0.2) is 9.98 Å². The molecule has 2 heterocycles. The quantitative estimate of drug-likeness (QED) is 0.206. The van der Waals surface area contributed by atoms with E-state index in [1.807, 2.05) is 12.4 Å². The number of hydrogen-bond acceptors (Lipinski definition) is 7. The van der Waals surface area contributed by atoms with Crippen molar-refractivity contribution >= 4 is 40.3 Å². The lowest BCUT2D eigenvalue weighted by molar-refractivity contribution is 0.524. The molecule has 0 saturated heterocycles. The fourth-order valence-electron chi connectivity index (χ4n) is 1.54. The lowest BCUT2D eigenvalue weighted by Crippen LogP contribution is -2.29. The van der Waals surface area contributed by atoms with Crippen LogP contribution in [0.4, 0.5) is 5.13 Å². The van der Waals surface area contributed by atoms with Gasteiger partial charge in [-0.15, -0.1) is 11.3 Å². The van der Waals surface area contributed by atoms with Gasteiger partial charge >= 0.3 is 0 Å². The average molecular weight is 350 g/mol. The molecular weight excluding hydrogens is 336 g/mol. The third-order valence-electron chi connectivity index (χ3n) is 2.40. The Balaban J connectivity index is 2.08. The van der Waals surface area contributed by atoms with E-state index in [1.54, 1.807) is 17.5 Å². The minimum absolute atomic E-state index is 0.0424. The molecule has 0 aliphatic carbocycles. The van der Waals surface area contributed by atoms with Crippen molar-refractivity contribution < 1.29 is 4.42 Å². The second-order valence-corrected chi connectivity index (χ2v) is 5.47. The second kappa shape index (κ2) is 8.06. The summed E-state index contributed by atoms with van der Waals surface area (Å²) in [5.74, 6) is 1.55. The minimum Gasteiger partial charge on any atom is -0.457 e. The first kappa shape index (κ1) is 16.7. The highest BCUT2D eigenvalue weighted by molar-refractivity contribution is 7.97. The van der Waals surface area contributed by atoms with Crippen LogP contribution in [0.1, 0.15) is 5.76 Å². The van der Waals surface area contributed by atoms with Crippen molar-refractivity contribution in [3.8, 4) is 17.6 Å². The topological polar surface area (TPSA) is 151 Å². The first-order valence-corrected chi connectivity index (χ1v) is 8.35. The van der Waals surface area contributed by atoms with Crippen molar-refractivity contribution in [3.63, 3.8) is 0 Å². The van der Waals surface area contributed by atoms with Crippen molar-refractivity contribution in [3.05, 3.63) is 23.3 Å². The number of hydrogen-bond donors (Lipinski definition) is 4. The summed E-state index contributed by atoms with van der Waals surface area (Å²) in [7, 11) is 0. The van der Waals surface area contributed by atoms with Gasteiger partial charge in [0.05, 0.1) is 0 Å². The molecule has 0 aliphatic heterocycles. The number of nitrogens with one attached hydrogen (secondary N) is 2. The standard InChI is InChI=1S/C12H14N8OS2/c1-22-20-11(17-6-13)16-4-7-2-3-9(21-7)8-5-23-12(18-8)19-10(14)15/h2-3,5H,4H2,1H3,(H2,16,17,20)(H4,14,15,18,19). The molecule has 120 valence electrons. The van der Waals surface area contributed by atoms with E-state index in [1.165, 1.54) is 23.3 Å². The Kier molecular flexibility index (Phi) is 5.84. The zero-order valence-electron chi connectivity index (χ0n) is 12.1. The van der Waals surface area contributed by atoms with E-state index >= 15 is 0 Å². The van der Waals surface area contributed by atoms with Crippen LogP contribution in [-0.2, 0) is 6.54 Å². The van der Waals surface area contributed by atoms with E-state index in [0.717, 1.165) is 0 Å². The molecule has 0 bridgehead atoms. The zero-order chi connectivity index (χ0) is 16.7. The molecule has 0 amide bonds. The summed E-state index contributed by atoms with van der Waals surface area (Å²) in [5, 5.41) is 13.3. The number of nitrogens with two attached hydrogens (primary N) is 2. The third-order valence-corrected chi connectivity index (χ3v) is 3.53. The lowest BCUT2D eigenvalue weighted by atomic mass is 10.3. The van der Waals surface area contributed by atoms with Crippen LogP contribution in [0.15, 0.2) is 31.9 Å². The molecule has 0 saturated carbocycles. The summed E-state index contributed by atoms with van der Waals surface area (Å²) in [6.45, 7) is 0.280. The van der Waals surface area contributed by atoms with E-state index in [0.29, 0.717) is 28.3 Å². The maximum Gasteiger partial charge on any atom is 0.215 e. The van der Waals surface area contributed by atoms with Gasteiger partial charge in [-0.05, 0) is 12.1 Å². The molecule has 0 spiro atoms. The lowest BCUT2D eigenvalue weighted by Gasteiger charge is -2.02. The molecule has 0 unspecified atom stereocenters. The molecule has 0 radical (unpaired) electrons. The van der Waals surface area contributed by atoms with Gasteiger partial charge in [0, 0.05) is 11.6 Å². The van der Waals surface area contributed by atoms with Crippen LogP contribution in [0.25, 0.3) is 11.5 Å². The Morgan fingerprint density at radius 3 is 3.04 bits per heavy atom. The second-order valence-electron chi connectivity index (χ2n) is 4.03. The maximum absolute atomic E-state index is 8.63. The highest BCUT2D eigenvalue weighted by Crippen LogP contribution is 2.28. The molecule has 23 heavy (non-hydrogen) atoms. The van der Waals surface area contributed by atoms with Gasteiger partial charge in [0.25, 0.3) is 0 Å². The fourth-order valence-corrected chi connectivity index (χ4v) is 2.55. The Morgan fingerprint density at radius 1 is 1.52 bits per heavy atom. The van der Waals surface area contributed by atoms with Crippen molar-refractivity contribution in [2.75, 3.05) is 6.26 Å². The van der Waals surface area contributed by atoms with Crippen LogP contribution in [0.2, 0.25) is 0 Å². The van der Waals surface area contributed by atoms with Crippen LogP contribution >= 0.6 is 23.3 Å². The Hall–Kier alpha value is -2.71.